The molecule has 0 bridgehead atoms. The predicted molar refractivity (Wildman–Crippen MR) is 123 cm³/mol. The second-order valence-electron chi connectivity index (χ2n) is 8.12. The van der Waals surface area contributed by atoms with Gasteiger partial charge in [0.05, 0.1) is 12.6 Å². The molecule has 2 aromatic rings. The Kier molecular flexibility index (Phi) is 5.71. The maximum Gasteiger partial charge on any atom is 0.266 e. The molecule has 0 unspecified atom stereocenters. The Morgan fingerprint density at radius 2 is 1.97 bits per heavy atom. The molecule has 1 heterocycles. The number of benzene rings is 2. The van der Waals surface area contributed by atoms with Gasteiger partial charge in [-0.3, -0.25) is 4.79 Å². The van der Waals surface area contributed by atoms with E-state index in [1.165, 1.54) is 5.57 Å². The van der Waals surface area contributed by atoms with Gasteiger partial charge in [0.15, 0.2) is 0 Å². The summed E-state index contributed by atoms with van der Waals surface area (Å²) in [7, 11) is 3.65. The molecule has 0 radical (unpaired) electrons. The summed E-state index contributed by atoms with van der Waals surface area (Å²) in [5, 5.41) is 12.4. The third-order valence-corrected chi connectivity index (χ3v) is 5.60. The number of ether oxygens (including phenoxy) is 1. The molecule has 0 atom stereocenters. The SMILES string of the molecule is COc1cccc(NC(=O)/C(C#N)=C\c2cc3c(cc2C)N(C)C(C)(C)C=C3C)c1. The molecule has 0 saturated carbocycles. The van der Waals surface area contributed by atoms with Gasteiger partial charge in [0.1, 0.15) is 17.4 Å². The van der Waals surface area contributed by atoms with E-state index in [9.17, 15) is 10.1 Å². The van der Waals surface area contributed by atoms with Crippen LogP contribution in [0.25, 0.3) is 11.6 Å². The molecule has 1 amide bonds. The number of nitrogens with zero attached hydrogens (tertiary/aromatic N) is 2. The average molecular weight is 402 g/mol. The second-order valence-corrected chi connectivity index (χ2v) is 8.12. The minimum atomic E-state index is -0.451. The van der Waals surface area contributed by atoms with Crippen LogP contribution in [-0.2, 0) is 4.79 Å². The molecule has 0 spiro atoms. The van der Waals surface area contributed by atoms with E-state index in [1.807, 2.05) is 13.0 Å². The summed E-state index contributed by atoms with van der Waals surface area (Å²) in [5.41, 5.74) is 5.85. The van der Waals surface area contributed by atoms with Gasteiger partial charge in [-0.05, 0) is 74.7 Å². The number of likely N-dealkylation sites (N-methyl/N-ethyl adjacent to an activating group) is 1. The van der Waals surface area contributed by atoms with Gasteiger partial charge in [0.2, 0.25) is 0 Å². The van der Waals surface area contributed by atoms with Crippen LogP contribution in [0.2, 0.25) is 0 Å². The molecule has 2 aromatic carbocycles. The topological polar surface area (TPSA) is 65.4 Å². The van der Waals surface area contributed by atoms with Gasteiger partial charge in [-0.2, -0.15) is 5.26 Å². The molecule has 30 heavy (non-hydrogen) atoms. The van der Waals surface area contributed by atoms with E-state index < -0.39 is 5.91 Å². The Hall–Kier alpha value is -3.52. The number of aryl methyl sites for hydroxylation is 1. The Labute approximate surface area is 178 Å². The zero-order valence-electron chi connectivity index (χ0n) is 18.3. The first kappa shape index (κ1) is 21.2. The minimum Gasteiger partial charge on any atom is -0.497 e. The maximum absolute atomic E-state index is 12.7. The molecule has 1 aliphatic heterocycles. The number of amides is 1. The van der Waals surface area contributed by atoms with Crippen molar-refractivity contribution in [2.75, 3.05) is 24.4 Å². The molecule has 0 saturated heterocycles. The highest BCUT2D eigenvalue weighted by Gasteiger charge is 2.28. The summed E-state index contributed by atoms with van der Waals surface area (Å²) in [4.78, 5) is 14.9. The van der Waals surface area contributed by atoms with Crippen molar-refractivity contribution in [1.29, 1.82) is 5.26 Å². The number of allylic oxidation sites excluding steroid dienone is 1. The Morgan fingerprint density at radius 3 is 2.63 bits per heavy atom. The minimum absolute atomic E-state index is 0.0481. The van der Waals surface area contributed by atoms with Crippen molar-refractivity contribution in [1.82, 2.24) is 0 Å². The van der Waals surface area contributed by atoms with Crippen LogP contribution in [0.1, 0.15) is 37.5 Å². The van der Waals surface area contributed by atoms with Crippen molar-refractivity contribution in [3.05, 3.63) is 64.7 Å². The van der Waals surface area contributed by atoms with Crippen molar-refractivity contribution in [2.45, 2.75) is 33.2 Å². The van der Waals surface area contributed by atoms with Gasteiger partial charge >= 0.3 is 0 Å². The second kappa shape index (κ2) is 8.08. The van der Waals surface area contributed by atoms with Crippen LogP contribution < -0.4 is 15.0 Å². The first-order valence-electron chi connectivity index (χ1n) is 9.82. The standard InChI is InChI=1S/C25H27N3O2/c1-16-10-23-22(17(2)14-25(3,4)28(23)5)12-18(16)11-19(15-26)24(29)27-20-8-7-9-21(13-20)30-6/h7-14H,1-6H3,(H,27,29)/b19-11-. The van der Waals surface area contributed by atoms with Gasteiger partial charge in [-0.15, -0.1) is 0 Å². The van der Waals surface area contributed by atoms with E-state index in [4.69, 9.17) is 4.74 Å². The lowest BCUT2D eigenvalue weighted by Gasteiger charge is -2.41. The molecule has 5 nitrogen and oxygen atoms in total. The molecule has 0 fully saturated rings. The number of rotatable bonds is 4. The van der Waals surface area contributed by atoms with Crippen molar-refractivity contribution in [3.8, 4) is 11.8 Å². The smallest absolute Gasteiger partial charge is 0.266 e. The zero-order valence-corrected chi connectivity index (χ0v) is 18.3. The van der Waals surface area contributed by atoms with Gasteiger partial charge in [-0.1, -0.05) is 12.1 Å². The molecule has 1 aliphatic rings. The van der Waals surface area contributed by atoms with Crippen LogP contribution in [0.4, 0.5) is 11.4 Å². The van der Waals surface area contributed by atoms with Crippen LogP contribution in [-0.4, -0.2) is 25.6 Å². The number of hydrogen-bond donors (Lipinski definition) is 1. The molecule has 1 N–H and O–H groups in total. The number of carbonyl (C=O) groups is 1. The van der Waals surface area contributed by atoms with Crippen LogP contribution in [0.15, 0.2) is 48.0 Å². The highest BCUT2D eigenvalue weighted by atomic mass is 16.5. The fourth-order valence-electron chi connectivity index (χ4n) is 3.68. The highest BCUT2D eigenvalue weighted by Crippen LogP contribution is 2.39. The van der Waals surface area contributed by atoms with Crippen LogP contribution in [0, 0.1) is 18.3 Å². The van der Waals surface area contributed by atoms with Crippen LogP contribution in [0.5, 0.6) is 5.75 Å². The molecular formula is C25H27N3O2. The quantitative estimate of drug-likeness (QED) is 0.566. The summed E-state index contributed by atoms with van der Waals surface area (Å²) >= 11 is 0. The third-order valence-electron chi connectivity index (χ3n) is 5.60. The van der Waals surface area contributed by atoms with E-state index in [0.29, 0.717) is 11.4 Å². The number of carbonyl (C=O) groups excluding carboxylic acids is 1. The first-order valence-corrected chi connectivity index (χ1v) is 9.82. The Morgan fingerprint density at radius 1 is 1.23 bits per heavy atom. The summed E-state index contributed by atoms with van der Waals surface area (Å²) in [6, 6.07) is 13.2. The van der Waals surface area contributed by atoms with E-state index >= 15 is 0 Å². The van der Waals surface area contributed by atoms with E-state index in [1.54, 1.807) is 37.5 Å². The lowest BCUT2D eigenvalue weighted by atomic mass is 9.87. The summed E-state index contributed by atoms with van der Waals surface area (Å²) < 4.78 is 5.18. The van der Waals surface area contributed by atoms with Crippen LogP contribution >= 0.6 is 0 Å². The largest absolute Gasteiger partial charge is 0.497 e. The lowest BCUT2D eigenvalue weighted by Crippen LogP contribution is -2.42. The predicted octanol–water partition coefficient (Wildman–Crippen LogP) is 5.18. The molecule has 5 heteroatoms. The van der Waals surface area contributed by atoms with Gasteiger partial charge in [-0.25, -0.2) is 0 Å². The first-order chi connectivity index (χ1) is 14.2. The van der Waals surface area contributed by atoms with Crippen molar-refractivity contribution in [3.63, 3.8) is 0 Å². The average Bonchev–Trinajstić information content (AvgIpc) is 2.70. The van der Waals surface area contributed by atoms with E-state index in [0.717, 1.165) is 22.4 Å². The monoisotopic (exact) mass is 401 g/mol. The maximum atomic E-state index is 12.7. The van der Waals surface area contributed by atoms with Crippen LogP contribution in [0.3, 0.4) is 0 Å². The number of nitrogens with one attached hydrogen (secondary N) is 1. The number of fused-ring (bicyclic) bond motifs is 1. The Balaban J connectivity index is 1.96. The number of anilines is 2. The van der Waals surface area contributed by atoms with E-state index in [2.05, 4.69) is 56.2 Å². The lowest BCUT2D eigenvalue weighted by molar-refractivity contribution is -0.112. The fraction of sp³-hybridized carbons (Fsp3) is 0.280. The number of nitriles is 1. The summed E-state index contributed by atoms with van der Waals surface area (Å²) in [6.45, 7) is 8.45. The van der Waals surface area contributed by atoms with Gasteiger partial charge < -0.3 is 15.0 Å². The van der Waals surface area contributed by atoms with Gasteiger partial charge in [0, 0.05) is 30.1 Å². The van der Waals surface area contributed by atoms with Crippen molar-refractivity contribution >= 4 is 28.9 Å². The molecule has 0 aliphatic carbocycles. The number of methoxy groups -OCH3 is 1. The molecule has 0 aromatic heterocycles. The normalized spacial score (nSPS) is 15.0. The van der Waals surface area contributed by atoms with Crippen molar-refractivity contribution < 1.29 is 9.53 Å². The zero-order chi connectivity index (χ0) is 22.1. The fourth-order valence-corrected chi connectivity index (χ4v) is 3.68. The Bertz CT molecular complexity index is 1100. The van der Waals surface area contributed by atoms with Gasteiger partial charge in [0.25, 0.3) is 5.91 Å². The van der Waals surface area contributed by atoms with Crippen molar-refractivity contribution in [2.24, 2.45) is 0 Å². The highest BCUT2D eigenvalue weighted by molar-refractivity contribution is 6.10. The summed E-state index contributed by atoms with van der Waals surface area (Å²) in [5.74, 6) is 0.184. The molecular weight excluding hydrogens is 374 g/mol. The number of hydrogen-bond acceptors (Lipinski definition) is 4. The van der Waals surface area contributed by atoms with E-state index in [-0.39, 0.29) is 11.1 Å². The molecule has 154 valence electrons. The molecule has 3 rings (SSSR count). The third kappa shape index (κ3) is 4.08. The summed E-state index contributed by atoms with van der Waals surface area (Å²) in [6.07, 6.45) is 3.89.